The molecule has 0 spiro atoms. The summed E-state index contributed by atoms with van der Waals surface area (Å²) in [7, 11) is -3.21. The van der Waals surface area contributed by atoms with Crippen molar-refractivity contribution in [3.63, 3.8) is 0 Å². The number of sulfonamides is 1. The van der Waals surface area contributed by atoms with E-state index in [1.165, 1.54) is 11.1 Å². The maximum absolute atomic E-state index is 12.5. The van der Waals surface area contributed by atoms with Gasteiger partial charge < -0.3 is 10.2 Å². The van der Waals surface area contributed by atoms with Crippen molar-refractivity contribution in [2.75, 3.05) is 56.5 Å². The van der Waals surface area contributed by atoms with Crippen molar-refractivity contribution >= 4 is 33.3 Å². The number of hydrogen-bond donors (Lipinski definition) is 1. The second-order valence-electron chi connectivity index (χ2n) is 6.85. The molecule has 0 atom stereocenters. The number of rotatable bonds is 6. The van der Waals surface area contributed by atoms with Gasteiger partial charge >= 0.3 is 0 Å². The molecule has 0 amide bonds. The second kappa shape index (κ2) is 10.3. The largest absolute Gasteiger partial charge is 0.357 e. The van der Waals surface area contributed by atoms with Crippen molar-refractivity contribution in [3.8, 4) is 0 Å². The highest BCUT2D eigenvalue weighted by molar-refractivity contribution is 7.99. The van der Waals surface area contributed by atoms with Gasteiger partial charge in [0.2, 0.25) is 10.0 Å². The van der Waals surface area contributed by atoms with Gasteiger partial charge in [-0.05, 0) is 24.5 Å². The predicted octanol–water partition coefficient (Wildman–Crippen LogP) is 2.12. The van der Waals surface area contributed by atoms with Gasteiger partial charge in [-0.3, -0.25) is 4.99 Å². The van der Waals surface area contributed by atoms with Crippen molar-refractivity contribution in [2.45, 2.75) is 13.3 Å². The number of benzene rings is 1. The number of nitrogens with one attached hydrogen (secondary N) is 1. The van der Waals surface area contributed by atoms with Gasteiger partial charge in [0.15, 0.2) is 5.96 Å². The highest BCUT2D eigenvalue weighted by Crippen LogP contribution is 2.22. The quantitative estimate of drug-likeness (QED) is 0.562. The monoisotopic (exact) mass is 422 g/mol. The van der Waals surface area contributed by atoms with E-state index < -0.39 is 10.0 Å². The molecule has 1 aromatic rings. The zero-order valence-electron chi connectivity index (χ0n) is 16.5. The van der Waals surface area contributed by atoms with Crippen LogP contribution in [-0.4, -0.2) is 80.1 Å². The Morgan fingerprint density at radius 1 is 1.18 bits per heavy atom. The Morgan fingerprint density at radius 2 is 1.93 bits per heavy atom. The minimum atomic E-state index is -3.21. The Balaban J connectivity index is 1.59. The summed E-state index contributed by atoms with van der Waals surface area (Å²) in [5.74, 6) is 2.64. The summed E-state index contributed by atoms with van der Waals surface area (Å²) >= 11 is 1.81. The van der Waals surface area contributed by atoms with Crippen LogP contribution in [0.2, 0.25) is 0 Å². The molecule has 0 saturated carbocycles. The molecule has 2 aliphatic heterocycles. The molecule has 3 rings (SSSR count). The molecule has 0 bridgehead atoms. The average Bonchev–Trinajstić information content (AvgIpc) is 2.74. The SMILES string of the molecule is CCNC(=NCCS(=O)(=O)N1CCSCC1)N1CC=C(c2ccccc2)CC1. The van der Waals surface area contributed by atoms with Crippen LogP contribution in [0.3, 0.4) is 0 Å². The lowest BCUT2D eigenvalue weighted by Crippen LogP contribution is -2.44. The lowest BCUT2D eigenvalue weighted by Gasteiger charge is -2.30. The summed E-state index contributed by atoms with van der Waals surface area (Å²) < 4.78 is 26.6. The van der Waals surface area contributed by atoms with Crippen LogP contribution in [0.25, 0.3) is 5.57 Å². The van der Waals surface area contributed by atoms with Gasteiger partial charge in [-0.1, -0.05) is 36.4 Å². The molecule has 8 heteroatoms. The van der Waals surface area contributed by atoms with Crippen molar-refractivity contribution in [1.29, 1.82) is 0 Å². The summed E-state index contributed by atoms with van der Waals surface area (Å²) in [4.78, 5) is 6.80. The van der Waals surface area contributed by atoms with Gasteiger partial charge in [0, 0.05) is 44.2 Å². The van der Waals surface area contributed by atoms with E-state index in [1.54, 1.807) is 4.31 Å². The molecule has 1 aromatic carbocycles. The summed E-state index contributed by atoms with van der Waals surface area (Å²) in [6, 6.07) is 10.5. The molecule has 28 heavy (non-hydrogen) atoms. The van der Waals surface area contributed by atoms with Crippen molar-refractivity contribution in [2.24, 2.45) is 4.99 Å². The average molecular weight is 423 g/mol. The Morgan fingerprint density at radius 3 is 2.57 bits per heavy atom. The van der Waals surface area contributed by atoms with Gasteiger partial charge in [-0.25, -0.2) is 12.7 Å². The minimum absolute atomic E-state index is 0.0749. The van der Waals surface area contributed by atoms with Gasteiger partial charge in [0.1, 0.15) is 0 Å². The van der Waals surface area contributed by atoms with E-state index in [0.29, 0.717) is 19.6 Å². The number of guanidine groups is 1. The third-order valence-electron chi connectivity index (χ3n) is 4.96. The van der Waals surface area contributed by atoms with Crippen LogP contribution in [0.4, 0.5) is 0 Å². The molecule has 0 unspecified atom stereocenters. The maximum Gasteiger partial charge on any atom is 0.215 e. The molecule has 1 fully saturated rings. The van der Waals surface area contributed by atoms with E-state index >= 15 is 0 Å². The van der Waals surface area contributed by atoms with E-state index in [-0.39, 0.29) is 5.75 Å². The molecule has 2 heterocycles. The first kappa shape index (κ1) is 21.2. The van der Waals surface area contributed by atoms with Crippen LogP contribution < -0.4 is 5.32 Å². The second-order valence-corrected chi connectivity index (χ2v) is 10.2. The van der Waals surface area contributed by atoms with Crippen LogP contribution in [0, 0.1) is 0 Å². The van der Waals surface area contributed by atoms with E-state index in [4.69, 9.17) is 0 Å². The third kappa shape index (κ3) is 5.75. The first-order valence-corrected chi connectivity index (χ1v) is 12.7. The van der Waals surface area contributed by atoms with Crippen LogP contribution in [0.15, 0.2) is 41.4 Å². The molecule has 6 nitrogen and oxygen atoms in total. The Labute approximate surface area is 173 Å². The third-order valence-corrected chi connectivity index (χ3v) is 7.76. The summed E-state index contributed by atoms with van der Waals surface area (Å²) in [5.41, 5.74) is 2.63. The standard InChI is InChI=1S/C20H30N4O2S2/c1-2-21-20(22-10-17-28(25,26)24-13-15-27-16-14-24)23-11-8-19(9-12-23)18-6-4-3-5-7-18/h3-8H,2,9-17H2,1H3,(H,21,22). The maximum atomic E-state index is 12.5. The van der Waals surface area contributed by atoms with E-state index in [2.05, 4.69) is 45.6 Å². The molecule has 154 valence electrons. The zero-order valence-corrected chi connectivity index (χ0v) is 18.1. The molecular formula is C20H30N4O2S2. The fourth-order valence-corrected chi connectivity index (χ4v) is 5.88. The van der Waals surface area contributed by atoms with E-state index in [0.717, 1.165) is 43.5 Å². The van der Waals surface area contributed by atoms with Crippen LogP contribution in [-0.2, 0) is 10.0 Å². The summed E-state index contributed by atoms with van der Waals surface area (Å²) in [6.07, 6.45) is 3.20. The molecule has 0 aromatic heterocycles. The fourth-order valence-electron chi connectivity index (χ4n) is 3.42. The van der Waals surface area contributed by atoms with Crippen LogP contribution in [0.5, 0.6) is 0 Å². The van der Waals surface area contributed by atoms with Crippen LogP contribution in [0.1, 0.15) is 18.9 Å². The van der Waals surface area contributed by atoms with E-state index in [9.17, 15) is 8.42 Å². The van der Waals surface area contributed by atoms with Crippen molar-refractivity contribution in [1.82, 2.24) is 14.5 Å². The first-order valence-electron chi connectivity index (χ1n) is 9.93. The first-order chi connectivity index (χ1) is 13.6. The van der Waals surface area contributed by atoms with Gasteiger partial charge in [-0.15, -0.1) is 0 Å². The molecular weight excluding hydrogens is 392 g/mol. The highest BCUT2D eigenvalue weighted by atomic mass is 32.2. The van der Waals surface area contributed by atoms with Crippen molar-refractivity contribution in [3.05, 3.63) is 42.0 Å². The molecule has 1 saturated heterocycles. The molecule has 0 aliphatic carbocycles. The molecule has 1 N–H and O–H groups in total. The lowest BCUT2D eigenvalue weighted by atomic mass is 10.00. The normalized spacial score (nSPS) is 19.4. The summed E-state index contributed by atoms with van der Waals surface area (Å²) in [5, 5.41) is 3.31. The zero-order chi connectivity index (χ0) is 19.8. The highest BCUT2D eigenvalue weighted by Gasteiger charge is 2.24. The Kier molecular flexibility index (Phi) is 7.82. The van der Waals surface area contributed by atoms with Gasteiger partial charge in [0.05, 0.1) is 12.3 Å². The van der Waals surface area contributed by atoms with Crippen molar-refractivity contribution < 1.29 is 8.42 Å². The van der Waals surface area contributed by atoms with Gasteiger partial charge in [0.25, 0.3) is 0 Å². The number of aliphatic imine (C=N–C) groups is 1. The lowest BCUT2D eigenvalue weighted by molar-refractivity contribution is 0.438. The Hall–Kier alpha value is -1.51. The number of nitrogens with zero attached hydrogens (tertiary/aromatic N) is 3. The smallest absolute Gasteiger partial charge is 0.215 e. The number of hydrogen-bond acceptors (Lipinski definition) is 4. The predicted molar refractivity (Wildman–Crippen MR) is 119 cm³/mol. The Bertz CT molecular complexity index is 788. The minimum Gasteiger partial charge on any atom is -0.357 e. The molecule has 0 radical (unpaired) electrons. The summed E-state index contributed by atoms with van der Waals surface area (Å²) in [6.45, 7) is 5.99. The topological polar surface area (TPSA) is 65.0 Å². The number of thioether (sulfide) groups is 1. The van der Waals surface area contributed by atoms with Gasteiger partial charge in [-0.2, -0.15) is 11.8 Å². The fraction of sp³-hybridized carbons (Fsp3) is 0.550. The van der Waals surface area contributed by atoms with E-state index in [1.807, 2.05) is 24.8 Å². The molecule has 2 aliphatic rings. The van der Waals surface area contributed by atoms with Crippen LogP contribution >= 0.6 is 11.8 Å².